The molecule has 34 heavy (non-hydrogen) atoms. The molecule has 0 fully saturated rings. The Kier molecular flexibility index (Phi) is 15.4. The zero-order valence-electron chi connectivity index (χ0n) is 20.1. The van der Waals surface area contributed by atoms with E-state index in [0.29, 0.717) is 12.8 Å². The molecule has 6 nitrogen and oxygen atoms in total. The van der Waals surface area contributed by atoms with E-state index < -0.39 is 23.4 Å². The van der Waals surface area contributed by atoms with E-state index in [4.69, 9.17) is 0 Å². The van der Waals surface area contributed by atoms with Gasteiger partial charge in [0.2, 0.25) is 0 Å². The molecule has 0 saturated heterocycles. The third-order valence-electron chi connectivity index (χ3n) is 5.24. The van der Waals surface area contributed by atoms with Crippen molar-refractivity contribution in [3.63, 3.8) is 0 Å². The Balaban J connectivity index is 2.28. The predicted molar refractivity (Wildman–Crippen MR) is 137 cm³/mol. The van der Waals surface area contributed by atoms with E-state index in [1.54, 1.807) is 0 Å². The van der Waals surface area contributed by atoms with Crippen molar-refractivity contribution in [1.29, 1.82) is 0 Å². The van der Waals surface area contributed by atoms with Crippen LogP contribution in [0.25, 0.3) is 0 Å². The molecule has 1 unspecified atom stereocenters. The van der Waals surface area contributed by atoms with Crippen LogP contribution in [0.3, 0.4) is 0 Å². The van der Waals surface area contributed by atoms with Crippen LogP contribution in [0.2, 0.25) is 0 Å². The van der Waals surface area contributed by atoms with Crippen LogP contribution in [-0.4, -0.2) is 21.9 Å². The summed E-state index contributed by atoms with van der Waals surface area (Å²) in [7, 11) is 0. The molecule has 0 aromatic heterocycles. The van der Waals surface area contributed by atoms with E-state index in [9.17, 15) is 24.7 Å². The molecule has 1 aromatic carbocycles. The van der Waals surface area contributed by atoms with Crippen LogP contribution in [-0.2, 0) is 9.59 Å². The summed E-state index contributed by atoms with van der Waals surface area (Å²) in [6.45, 7) is 2.21. The summed E-state index contributed by atoms with van der Waals surface area (Å²) < 4.78 is 0. The average Bonchev–Trinajstić information content (AvgIpc) is 2.83. The Morgan fingerprint density at radius 2 is 1.38 bits per heavy atom. The minimum atomic E-state index is -1.36. The average molecular weight is 468 g/mol. The van der Waals surface area contributed by atoms with Crippen molar-refractivity contribution in [3.8, 4) is 11.5 Å². The van der Waals surface area contributed by atoms with Gasteiger partial charge >= 0.3 is 5.91 Å². The maximum Gasteiger partial charge on any atom is 0.301 e. The molecule has 2 N–H and O–H groups in total. The fourth-order valence-electron chi connectivity index (χ4n) is 3.34. The first kappa shape index (κ1) is 28.8. The Hall–Kier alpha value is -3.28. The fraction of sp³-hybridized carbons (Fsp3) is 0.429. The lowest BCUT2D eigenvalue weighted by Gasteiger charge is -2.12. The summed E-state index contributed by atoms with van der Waals surface area (Å²) in [5.41, 5.74) is 0.141. The number of nitrogens with zero attached hydrogens (tertiary/aromatic N) is 1. The van der Waals surface area contributed by atoms with Crippen molar-refractivity contribution in [2.24, 2.45) is 5.18 Å². The van der Waals surface area contributed by atoms with Gasteiger partial charge in [-0.25, -0.2) is 0 Å². The van der Waals surface area contributed by atoms with E-state index in [-0.39, 0.29) is 17.7 Å². The van der Waals surface area contributed by atoms with E-state index in [2.05, 4.69) is 48.6 Å². The van der Waals surface area contributed by atoms with Gasteiger partial charge in [-0.05, 0) is 62.6 Å². The molecule has 1 aromatic rings. The minimum absolute atomic E-state index is 0.103. The number of hydrogen-bond acceptors (Lipinski definition) is 5. The van der Waals surface area contributed by atoms with Crippen molar-refractivity contribution >= 4 is 11.7 Å². The topological polar surface area (TPSA) is 104 Å². The summed E-state index contributed by atoms with van der Waals surface area (Å²) in [6.07, 6.45) is 26.0. The van der Waals surface area contributed by atoms with Crippen LogP contribution in [0.1, 0.15) is 82.6 Å². The molecule has 0 saturated carbocycles. The van der Waals surface area contributed by atoms with Gasteiger partial charge in [-0.2, -0.15) is 0 Å². The fourth-order valence-corrected chi connectivity index (χ4v) is 3.34. The summed E-state index contributed by atoms with van der Waals surface area (Å²) in [6, 6.07) is 3.60. The first-order chi connectivity index (χ1) is 16.5. The Morgan fingerprint density at radius 3 is 1.91 bits per heavy atom. The molecular weight excluding hydrogens is 430 g/mol. The second kappa shape index (κ2) is 18.2. The number of rotatable bonds is 17. The third-order valence-corrected chi connectivity index (χ3v) is 5.24. The SMILES string of the molecule is CCCCC/C=C\C/C=C\C/C=C\C/C=C\CCCC(=O)C(C(=O)N=O)c1ccc(O)c(O)c1. The number of carbonyl (C=O) groups is 2. The number of benzene rings is 1. The maximum atomic E-state index is 12.5. The molecule has 0 heterocycles. The number of phenolic OH excluding ortho intramolecular Hbond substituents is 2. The molecule has 184 valence electrons. The zero-order chi connectivity index (χ0) is 25.0. The molecule has 0 bridgehead atoms. The number of hydrogen-bond donors (Lipinski definition) is 2. The molecule has 1 atom stereocenters. The normalized spacial score (nSPS) is 12.9. The first-order valence-corrected chi connectivity index (χ1v) is 12.0. The van der Waals surface area contributed by atoms with Crippen molar-refractivity contribution in [2.45, 2.75) is 77.0 Å². The Labute approximate surface area is 202 Å². The number of nitroso groups, excluding NO2 is 1. The molecule has 0 radical (unpaired) electrons. The van der Waals surface area contributed by atoms with Crippen molar-refractivity contribution < 1.29 is 19.8 Å². The summed E-state index contributed by atoms with van der Waals surface area (Å²) >= 11 is 0. The van der Waals surface area contributed by atoms with Crippen molar-refractivity contribution in [1.82, 2.24) is 0 Å². The molecule has 0 aliphatic rings. The van der Waals surface area contributed by atoms with Crippen LogP contribution >= 0.6 is 0 Å². The number of aromatic hydroxyl groups is 2. The largest absolute Gasteiger partial charge is 0.504 e. The molecule has 1 amide bonds. The second-order valence-electron chi connectivity index (χ2n) is 8.06. The number of allylic oxidation sites excluding steroid dienone is 8. The molecule has 0 aliphatic carbocycles. The van der Waals surface area contributed by atoms with Gasteiger partial charge < -0.3 is 10.2 Å². The highest BCUT2D eigenvalue weighted by molar-refractivity contribution is 6.07. The number of carbonyl (C=O) groups excluding carboxylic acids is 2. The van der Waals surface area contributed by atoms with Crippen LogP contribution in [0.15, 0.2) is 72.0 Å². The molecule has 0 aliphatic heterocycles. The van der Waals surface area contributed by atoms with Crippen LogP contribution in [0.4, 0.5) is 0 Å². The minimum Gasteiger partial charge on any atom is -0.504 e. The van der Waals surface area contributed by atoms with Crippen LogP contribution < -0.4 is 0 Å². The standard InChI is InChI=1S/C28H37NO5/c1-2-3-4-5-6-7-8-9-10-11-12-13-14-15-16-17-18-19-25(31)27(28(33)29-34)23-20-21-24(30)26(32)22-23/h6-7,9-10,12-13,15-16,20-22,27,30,32H,2-5,8,11,14,17-19H2,1H3/b7-6-,10-9-,13-12-,16-15-. The third kappa shape index (κ3) is 12.1. The van der Waals surface area contributed by atoms with E-state index in [0.717, 1.165) is 25.3 Å². The number of amides is 1. The molecule has 0 spiro atoms. The van der Waals surface area contributed by atoms with Gasteiger partial charge in [0.15, 0.2) is 11.5 Å². The quantitative estimate of drug-likeness (QED) is 0.0829. The lowest BCUT2D eigenvalue weighted by atomic mass is 9.91. The van der Waals surface area contributed by atoms with Crippen molar-refractivity contribution in [2.75, 3.05) is 0 Å². The second-order valence-corrected chi connectivity index (χ2v) is 8.06. The number of phenols is 2. The number of ketones is 1. The maximum absolute atomic E-state index is 12.5. The highest BCUT2D eigenvalue weighted by Gasteiger charge is 2.29. The Bertz CT molecular complexity index is 883. The smallest absolute Gasteiger partial charge is 0.301 e. The monoisotopic (exact) mass is 467 g/mol. The van der Waals surface area contributed by atoms with E-state index in [1.807, 2.05) is 12.2 Å². The van der Waals surface area contributed by atoms with E-state index >= 15 is 0 Å². The van der Waals surface area contributed by atoms with E-state index in [1.165, 1.54) is 37.8 Å². The van der Waals surface area contributed by atoms with Gasteiger partial charge in [0.1, 0.15) is 11.7 Å². The Morgan fingerprint density at radius 1 is 0.824 bits per heavy atom. The highest BCUT2D eigenvalue weighted by Crippen LogP contribution is 2.30. The van der Waals surface area contributed by atoms with Gasteiger partial charge in [0.05, 0.1) is 0 Å². The molecule has 6 heteroatoms. The van der Waals surface area contributed by atoms with Gasteiger partial charge in [-0.3, -0.25) is 9.59 Å². The van der Waals surface area contributed by atoms with Crippen molar-refractivity contribution in [3.05, 3.63) is 77.3 Å². The zero-order valence-corrected chi connectivity index (χ0v) is 20.1. The van der Waals surface area contributed by atoms with Gasteiger partial charge in [-0.1, -0.05) is 74.4 Å². The van der Waals surface area contributed by atoms with Gasteiger partial charge in [-0.15, -0.1) is 4.91 Å². The molecule has 1 rings (SSSR count). The number of Topliss-reactive ketones (excluding diaryl/α,β-unsaturated/α-hetero) is 1. The first-order valence-electron chi connectivity index (χ1n) is 12.0. The predicted octanol–water partition coefficient (Wildman–Crippen LogP) is 7.19. The lowest BCUT2D eigenvalue weighted by molar-refractivity contribution is -0.128. The summed E-state index contributed by atoms with van der Waals surface area (Å²) in [4.78, 5) is 35.1. The molecular formula is C28H37NO5. The summed E-state index contributed by atoms with van der Waals surface area (Å²) in [5, 5.41) is 21.4. The summed E-state index contributed by atoms with van der Waals surface area (Å²) in [5.74, 6) is -3.74. The number of unbranched alkanes of at least 4 members (excludes halogenated alkanes) is 4. The van der Waals surface area contributed by atoms with Crippen LogP contribution in [0.5, 0.6) is 11.5 Å². The van der Waals surface area contributed by atoms with Crippen LogP contribution in [0, 0.1) is 4.91 Å². The van der Waals surface area contributed by atoms with Gasteiger partial charge in [0.25, 0.3) is 0 Å². The highest BCUT2D eigenvalue weighted by atomic mass is 16.3. The lowest BCUT2D eigenvalue weighted by Crippen LogP contribution is -2.20. The van der Waals surface area contributed by atoms with Gasteiger partial charge in [0, 0.05) is 11.6 Å².